The van der Waals surface area contributed by atoms with Gasteiger partial charge in [-0.25, -0.2) is 4.98 Å². The van der Waals surface area contributed by atoms with E-state index in [1.807, 2.05) is 6.08 Å². The van der Waals surface area contributed by atoms with Crippen LogP contribution in [0.4, 0.5) is 5.69 Å². The van der Waals surface area contributed by atoms with Gasteiger partial charge in [-0.05, 0) is 25.5 Å². The van der Waals surface area contributed by atoms with Gasteiger partial charge in [-0.15, -0.1) is 11.6 Å². The summed E-state index contributed by atoms with van der Waals surface area (Å²) >= 11 is 5.50. The fourth-order valence-corrected chi connectivity index (χ4v) is 1.25. The first-order valence-corrected chi connectivity index (χ1v) is 5.03. The molecule has 1 aromatic heterocycles. The molecule has 0 amide bonds. The average molecular weight is 227 g/mol. The number of halogens is 1. The van der Waals surface area contributed by atoms with Gasteiger partial charge in [-0.2, -0.15) is 0 Å². The molecule has 15 heavy (non-hydrogen) atoms. The third-order valence-corrected chi connectivity index (χ3v) is 2.06. The quantitative estimate of drug-likeness (QED) is 0.451. The predicted molar refractivity (Wildman–Crippen MR) is 60.0 cm³/mol. The van der Waals surface area contributed by atoms with Crippen molar-refractivity contribution in [3.63, 3.8) is 0 Å². The molecule has 80 valence electrons. The molecule has 0 aliphatic carbocycles. The molecule has 1 heterocycles. The van der Waals surface area contributed by atoms with Gasteiger partial charge in [-0.1, -0.05) is 6.08 Å². The molecule has 0 unspecified atom stereocenters. The Hall–Kier alpha value is -1.42. The molecule has 0 atom stereocenters. The van der Waals surface area contributed by atoms with E-state index in [-0.39, 0.29) is 5.69 Å². The molecule has 0 N–H and O–H groups in total. The van der Waals surface area contributed by atoms with Crippen molar-refractivity contribution in [2.24, 2.45) is 0 Å². The SMILES string of the molecule is Cc1nc(C=CCCCl)ccc1[N+](=O)[O-]. The van der Waals surface area contributed by atoms with Gasteiger partial charge in [0.05, 0.1) is 10.6 Å². The summed E-state index contributed by atoms with van der Waals surface area (Å²) in [6.45, 7) is 1.62. The first kappa shape index (κ1) is 11.7. The van der Waals surface area contributed by atoms with E-state index in [0.29, 0.717) is 17.3 Å². The molecule has 1 rings (SSSR count). The maximum Gasteiger partial charge on any atom is 0.290 e. The maximum atomic E-state index is 10.5. The zero-order valence-corrected chi connectivity index (χ0v) is 9.07. The zero-order valence-electron chi connectivity index (χ0n) is 8.31. The predicted octanol–water partition coefficient (Wildman–Crippen LogP) is 2.94. The van der Waals surface area contributed by atoms with E-state index in [1.165, 1.54) is 6.07 Å². The minimum absolute atomic E-state index is 0.0458. The van der Waals surface area contributed by atoms with Gasteiger partial charge in [0.1, 0.15) is 5.69 Å². The third kappa shape index (κ3) is 3.32. The van der Waals surface area contributed by atoms with Crippen LogP contribution in [0.2, 0.25) is 0 Å². The van der Waals surface area contributed by atoms with Gasteiger partial charge in [0.15, 0.2) is 0 Å². The molecule has 1 aromatic rings. The van der Waals surface area contributed by atoms with Crippen molar-refractivity contribution in [2.75, 3.05) is 5.88 Å². The summed E-state index contributed by atoms with van der Waals surface area (Å²) in [4.78, 5) is 14.2. The highest BCUT2D eigenvalue weighted by Crippen LogP contribution is 2.16. The highest BCUT2D eigenvalue weighted by molar-refractivity contribution is 6.17. The lowest BCUT2D eigenvalue weighted by Gasteiger charge is -1.97. The van der Waals surface area contributed by atoms with E-state index < -0.39 is 4.92 Å². The number of alkyl halides is 1. The number of hydrogen-bond acceptors (Lipinski definition) is 3. The second kappa shape index (κ2) is 5.46. The Bertz CT molecular complexity index is 391. The zero-order chi connectivity index (χ0) is 11.3. The number of nitrogens with zero attached hydrogens (tertiary/aromatic N) is 2. The number of nitro groups is 1. The van der Waals surface area contributed by atoms with E-state index in [9.17, 15) is 10.1 Å². The van der Waals surface area contributed by atoms with E-state index in [0.717, 1.165) is 6.42 Å². The summed E-state index contributed by atoms with van der Waals surface area (Å²) in [6.07, 6.45) is 4.46. The topological polar surface area (TPSA) is 56.0 Å². The second-order valence-electron chi connectivity index (χ2n) is 2.98. The standard InChI is InChI=1S/C10H11ClN2O2/c1-8-10(13(14)15)6-5-9(12-8)4-2-3-7-11/h2,4-6H,3,7H2,1H3. The summed E-state index contributed by atoms with van der Waals surface area (Å²) < 4.78 is 0. The van der Waals surface area contributed by atoms with Crippen molar-refractivity contribution < 1.29 is 4.92 Å². The number of pyridine rings is 1. The van der Waals surface area contributed by atoms with Crippen LogP contribution in [0.15, 0.2) is 18.2 Å². The van der Waals surface area contributed by atoms with Crippen LogP contribution >= 0.6 is 11.6 Å². The third-order valence-electron chi connectivity index (χ3n) is 1.84. The van der Waals surface area contributed by atoms with Crippen molar-refractivity contribution in [1.29, 1.82) is 0 Å². The van der Waals surface area contributed by atoms with E-state index in [2.05, 4.69) is 4.98 Å². The molecule has 0 aromatic carbocycles. The molecular weight excluding hydrogens is 216 g/mol. The van der Waals surface area contributed by atoms with E-state index in [4.69, 9.17) is 11.6 Å². The van der Waals surface area contributed by atoms with Gasteiger partial charge in [0.2, 0.25) is 0 Å². The van der Waals surface area contributed by atoms with Gasteiger partial charge < -0.3 is 0 Å². The second-order valence-corrected chi connectivity index (χ2v) is 3.36. The Morgan fingerprint density at radius 1 is 1.60 bits per heavy atom. The fourth-order valence-electron chi connectivity index (χ4n) is 1.13. The van der Waals surface area contributed by atoms with Gasteiger partial charge >= 0.3 is 0 Å². The van der Waals surface area contributed by atoms with Gasteiger partial charge in [-0.3, -0.25) is 10.1 Å². The Kier molecular flexibility index (Phi) is 4.24. The molecule has 0 spiro atoms. The van der Waals surface area contributed by atoms with Crippen LogP contribution in [0.3, 0.4) is 0 Å². The van der Waals surface area contributed by atoms with Crippen LogP contribution in [-0.4, -0.2) is 15.8 Å². The normalized spacial score (nSPS) is 10.8. The average Bonchev–Trinajstić information content (AvgIpc) is 2.17. The van der Waals surface area contributed by atoms with Crippen LogP contribution in [0.1, 0.15) is 17.8 Å². The van der Waals surface area contributed by atoms with Crippen LogP contribution < -0.4 is 0 Å². The summed E-state index contributed by atoms with van der Waals surface area (Å²) in [5.74, 6) is 0.558. The molecule has 5 heteroatoms. The summed E-state index contributed by atoms with van der Waals surface area (Å²) in [7, 11) is 0. The van der Waals surface area contributed by atoms with Crippen LogP contribution in [0.5, 0.6) is 0 Å². The van der Waals surface area contributed by atoms with Crippen LogP contribution in [0, 0.1) is 17.0 Å². The van der Waals surface area contributed by atoms with Crippen LogP contribution in [0.25, 0.3) is 6.08 Å². The van der Waals surface area contributed by atoms with E-state index >= 15 is 0 Å². The summed E-state index contributed by atoms with van der Waals surface area (Å²) in [6, 6.07) is 3.08. The minimum Gasteiger partial charge on any atom is -0.258 e. The molecule has 0 bridgehead atoms. The summed E-state index contributed by atoms with van der Waals surface area (Å²) in [5.41, 5.74) is 1.18. The minimum atomic E-state index is -0.436. The number of rotatable bonds is 4. The molecule has 0 fully saturated rings. The summed E-state index contributed by atoms with van der Waals surface area (Å²) in [5, 5.41) is 10.5. The first-order chi connectivity index (χ1) is 7.15. The smallest absolute Gasteiger partial charge is 0.258 e. The van der Waals surface area contributed by atoms with Gasteiger partial charge in [0, 0.05) is 11.9 Å². The maximum absolute atomic E-state index is 10.5. The van der Waals surface area contributed by atoms with Crippen molar-refractivity contribution in [3.8, 4) is 0 Å². The Labute approximate surface area is 92.7 Å². The van der Waals surface area contributed by atoms with Gasteiger partial charge in [0.25, 0.3) is 5.69 Å². The lowest BCUT2D eigenvalue weighted by molar-refractivity contribution is -0.385. The molecule has 4 nitrogen and oxygen atoms in total. The molecule has 0 aliphatic rings. The fraction of sp³-hybridized carbons (Fsp3) is 0.300. The van der Waals surface area contributed by atoms with Crippen molar-refractivity contribution in [3.05, 3.63) is 39.7 Å². The highest BCUT2D eigenvalue weighted by Gasteiger charge is 2.10. The van der Waals surface area contributed by atoms with Crippen LogP contribution in [-0.2, 0) is 0 Å². The van der Waals surface area contributed by atoms with Crippen molar-refractivity contribution >= 4 is 23.4 Å². The lowest BCUT2D eigenvalue weighted by Crippen LogP contribution is -1.95. The molecule has 0 saturated carbocycles. The first-order valence-electron chi connectivity index (χ1n) is 4.49. The monoisotopic (exact) mass is 226 g/mol. The number of allylic oxidation sites excluding steroid dienone is 1. The Balaban J connectivity index is 2.87. The number of hydrogen-bond donors (Lipinski definition) is 0. The Morgan fingerprint density at radius 3 is 2.87 bits per heavy atom. The van der Waals surface area contributed by atoms with E-state index in [1.54, 1.807) is 19.1 Å². The molecule has 0 saturated heterocycles. The molecule has 0 aliphatic heterocycles. The van der Waals surface area contributed by atoms with Crippen molar-refractivity contribution in [1.82, 2.24) is 4.98 Å². The molecular formula is C10H11ClN2O2. The molecule has 0 radical (unpaired) electrons. The Morgan fingerprint density at radius 2 is 2.33 bits per heavy atom. The highest BCUT2D eigenvalue weighted by atomic mass is 35.5. The largest absolute Gasteiger partial charge is 0.290 e. The number of aromatic nitrogens is 1. The van der Waals surface area contributed by atoms with Crippen molar-refractivity contribution in [2.45, 2.75) is 13.3 Å². The number of aryl methyl sites for hydroxylation is 1. The lowest BCUT2D eigenvalue weighted by atomic mass is 10.2.